The van der Waals surface area contributed by atoms with Crippen molar-refractivity contribution >= 4 is 34.7 Å². The second-order valence-corrected chi connectivity index (χ2v) is 4.96. The molecule has 1 aromatic heterocycles. The monoisotopic (exact) mass is 300 g/mol. The molecule has 0 amide bonds. The van der Waals surface area contributed by atoms with Gasteiger partial charge in [0.2, 0.25) is 0 Å². The number of aromatic hydroxyl groups is 1. The van der Waals surface area contributed by atoms with Crippen LogP contribution in [0.1, 0.15) is 11.3 Å². The van der Waals surface area contributed by atoms with Crippen molar-refractivity contribution in [1.82, 2.24) is 4.98 Å². The maximum atomic E-state index is 9.55. The molecule has 2 N–H and O–H groups in total. The first kappa shape index (κ1) is 15.1. The molecule has 21 heavy (non-hydrogen) atoms. The van der Waals surface area contributed by atoms with Crippen molar-refractivity contribution in [3.63, 3.8) is 0 Å². The Morgan fingerprint density at radius 3 is 2.52 bits per heavy atom. The quantitative estimate of drug-likeness (QED) is 0.719. The minimum atomic E-state index is 0. The first-order valence-corrected chi connectivity index (χ1v) is 6.56. The summed E-state index contributed by atoms with van der Waals surface area (Å²) in [5, 5.41) is 14.0. The highest BCUT2D eigenvalue weighted by atomic mass is 35.5. The van der Waals surface area contributed by atoms with Gasteiger partial charge >= 0.3 is 0 Å². The molecule has 0 atom stereocenters. The van der Waals surface area contributed by atoms with Gasteiger partial charge in [0, 0.05) is 28.5 Å². The molecule has 4 heteroatoms. The number of aromatic nitrogens is 1. The van der Waals surface area contributed by atoms with E-state index in [0.29, 0.717) is 0 Å². The zero-order chi connectivity index (χ0) is 14.1. The summed E-state index contributed by atoms with van der Waals surface area (Å²) in [5.74, 6) is 0.251. The first-order chi connectivity index (χ1) is 9.63. The number of phenols is 1. The maximum Gasteiger partial charge on any atom is 0.117 e. The lowest BCUT2D eigenvalue weighted by Gasteiger charge is -2.12. The molecule has 3 nitrogen and oxygen atoms in total. The molecule has 0 unspecified atom stereocenters. The minimum Gasteiger partial charge on any atom is -0.508 e. The Labute approximate surface area is 130 Å². The van der Waals surface area contributed by atoms with Gasteiger partial charge in [0.1, 0.15) is 5.75 Å². The molecule has 0 bridgehead atoms. The third kappa shape index (κ3) is 3.09. The van der Waals surface area contributed by atoms with Gasteiger partial charge in [0.05, 0.1) is 5.52 Å². The maximum absolute atomic E-state index is 9.55. The van der Waals surface area contributed by atoms with Crippen molar-refractivity contribution in [2.45, 2.75) is 13.8 Å². The average Bonchev–Trinajstić information content (AvgIpc) is 2.40. The van der Waals surface area contributed by atoms with Gasteiger partial charge in [-0.05, 0) is 37.6 Å². The van der Waals surface area contributed by atoms with Crippen LogP contribution in [0.3, 0.4) is 0 Å². The van der Waals surface area contributed by atoms with Gasteiger partial charge in [-0.2, -0.15) is 0 Å². The first-order valence-electron chi connectivity index (χ1n) is 6.56. The molecule has 1 heterocycles. The van der Waals surface area contributed by atoms with Gasteiger partial charge in [-0.25, -0.2) is 0 Å². The van der Waals surface area contributed by atoms with Crippen LogP contribution in [-0.4, -0.2) is 10.1 Å². The van der Waals surface area contributed by atoms with Crippen molar-refractivity contribution < 1.29 is 5.11 Å². The van der Waals surface area contributed by atoms with Crippen LogP contribution in [0.15, 0.2) is 48.5 Å². The number of fused-ring (bicyclic) bond motifs is 1. The van der Waals surface area contributed by atoms with Crippen LogP contribution in [0.2, 0.25) is 0 Å². The van der Waals surface area contributed by atoms with Gasteiger partial charge in [-0.3, -0.25) is 4.98 Å². The van der Waals surface area contributed by atoms with Gasteiger partial charge in [0.15, 0.2) is 0 Å². The van der Waals surface area contributed by atoms with Crippen molar-refractivity contribution in [2.24, 2.45) is 0 Å². The summed E-state index contributed by atoms with van der Waals surface area (Å²) in [5.41, 5.74) is 5.00. The number of nitrogens with one attached hydrogen (secondary N) is 1. The lowest BCUT2D eigenvalue weighted by atomic mass is 10.1. The predicted octanol–water partition coefficient (Wildman–Crippen LogP) is 4.72. The highest BCUT2D eigenvalue weighted by molar-refractivity contribution is 5.94. The van der Waals surface area contributed by atoms with E-state index >= 15 is 0 Å². The molecule has 0 aliphatic carbocycles. The smallest absolute Gasteiger partial charge is 0.117 e. The molecule has 3 rings (SSSR count). The predicted molar refractivity (Wildman–Crippen MR) is 89.9 cm³/mol. The molecular formula is C17H17ClN2O. The van der Waals surface area contributed by atoms with Crippen LogP contribution >= 0.6 is 12.4 Å². The van der Waals surface area contributed by atoms with E-state index in [1.165, 1.54) is 0 Å². The van der Waals surface area contributed by atoms with Gasteiger partial charge in [-0.1, -0.05) is 24.3 Å². The largest absolute Gasteiger partial charge is 0.508 e. The zero-order valence-electron chi connectivity index (χ0n) is 11.9. The van der Waals surface area contributed by atoms with Crippen LogP contribution < -0.4 is 5.32 Å². The molecule has 2 aromatic carbocycles. The fourth-order valence-corrected chi connectivity index (χ4v) is 2.36. The number of pyridine rings is 1. The summed E-state index contributed by atoms with van der Waals surface area (Å²) in [6.07, 6.45) is 0. The molecular weight excluding hydrogens is 284 g/mol. The number of anilines is 2. The number of hydrogen-bond acceptors (Lipinski definition) is 3. The second-order valence-electron chi connectivity index (χ2n) is 4.96. The van der Waals surface area contributed by atoms with Crippen LogP contribution in [0.5, 0.6) is 5.75 Å². The van der Waals surface area contributed by atoms with Gasteiger partial charge in [0.25, 0.3) is 0 Å². The van der Waals surface area contributed by atoms with Crippen molar-refractivity contribution in [1.29, 1.82) is 0 Å². The van der Waals surface area contributed by atoms with E-state index in [4.69, 9.17) is 0 Å². The van der Waals surface area contributed by atoms with E-state index < -0.39 is 0 Å². The SMILES string of the molecule is Cc1cc(Nc2cccc(O)c2)c2cccc(C)c2n1.Cl. The Balaban J connectivity index is 0.00000161. The minimum absolute atomic E-state index is 0. The van der Waals surface area contributed by atoms with Gasteiger partial charge in [-0.15, -0.1) is 12.4 Å². The number of benzene rings is 2. The standard InChI is InChI=1S/C17H16N2O.ClH/c1-11-5-3-8-15-16(9-12(2)18-17(11)15)19-13-6-4-7-14(20)10-13;/h3-10,20H,1-2H3,(H,18,19);1H. The summed E-state index contributed by atoms with van der Waals surface area (Å²) >= 11 is 0. The normalized spacial score (nSPS) is 10.2. The number of halogens is 1. The Kier molecular flexibility index (Phi) is 4.34. The van der Waals surface area contributed by atoms with E-state index in [2.05, 4.69) is 29.4 Å². The summed E-state index contributed by atoms with van der Waals surface area (Å²) in [6, 6.07) is 15.3. The van der Waals surface area contributed by atoms with Crippen LogP contribution in [0, 0.1) is 13.8 Å². The highest BCUT2D eigenvalue weighted by Gasteiger charge is 2.06. The molecule has 0 spiro atoms. The summed E-state index contributed by atoms with van der Waals surface area (Å²) in [4.78, 5) is 4.61. The number of para-hydroxylation sites is 1. The number of hydrogen-bond donors (Lipinski definition) is 2. The van der Waals surface area contributed by atoms with Crippen molar-refractivity contribution in [3.05, 3.63) is 59.8 Å². The molecule has 3 aromatic rings. The lowest BCUT2D eigenvalue weighted by molar-refractivity contribution is 0.475. The Bertz CT molecular complexity index is 787. The molecule has 0 aliphatic rings. The van der Waals surface area contributed by atoms with E-state index in [1.807, 2.05) is 31.2 Å². The van der Waals surface area contributed by atoms with E-state index in [9.17, 15) is 5.11 Å². The molecule has 0 aliphatic heterocycles. The van der Waals surface area contributed by atoms with Crippen LogP contribution in [-0.2, 0) is 0 Å². The number of nitrogens with zero attached hydrogens (tertiary/aromatic N) is 1. The topological polar surface area (TPSA) is 45.1 Å². The highest BCUT2D eigenvalue weighted by Crippen LogP contribution is 2.29. The van der Waals surface area contributed by atoms with Gasteiger partial charge < -0.3 is 10.4 Å². The number of phenolic OH excluding ortho intramolecular Hbond substituents is 1. The van der Waals surface area contributed by atoms with Crippen molar-refractivity contribution in [3.8, 4) is 5.75 Å². The average molecular weight is 301 g/mol. The third-order valence-electron chi connectivity index (χ3n) is 3.29. The summed E-state index contributed by atoms with van der Waals surface area (Å²) in [6.45, 7) is 4.05. The lowest BCUT2D eigenvalue weighted by Crippen LogP contribution is -1.95. The Morgan fingerprint density at radius 1 is 1.00 bits per heavy atom. The Hall–Kier alpha value is -2.26. The van der Waals surface area contributed by atoms with E-state index in [1.54, 1.807) is 12.1 Å². The fourth-order valence-electron chi connectivity index (χ4n) is 2.36. The van der Waals surface area contributed by atoms with E-state index in [0.717, 1.165) is 33.5 Å². The van der Waals surface area contributed by atoms with Crippen LogP contribution in [0.25, 0.3) is 10.9 Å². The molecule has 0 saturated carbocycles. The fraction of sp³-hybridized carbons (Fsp3) is 0.118. The van der Waals surface area contributed by atoms with Crippen LogP contribution in [0.4, 0.5) is 11.4 Å². The molecule has 0 fully saturated rings. The Morgan fingerprint density at radius 2 is 1.76 bits per heavy atom. The number of aryl methyl sites for hydroxylation is 2. The molecule has 108 valence electrons. The zero-order valence-corrected chi connectivity index (χ0v) is 12.7. The molecule has 0 radical (unpaired) electrons. The molecule has 0 saturated heterocycles. The second kappa shape index (κ2) is 6.02. The van der Waals surface area contributed by atoms with E-state index in [-0.39, 0.29) is 18.2 Å². The number of rotatable bonds is 2. The van der Waals surface area contributed by atoms with Crippen molar-refractivity contribution in [2.75, 3.05) is 5.32 Å². The summed E-state index contributed by atoms with van der Waals surface area (Å²) < 4.78 is 0. The summed E-state index contributed by atoms with van der Waals surface area (Å²) in [7, 11) is 0. The third-order valence-corrected chi connectivity index (χ3v) is 3.29.